The Bertz CT molecular complexity index is 480. The van der Waals surface area contributed by atoms with Crippen molar-refractivity contribution in [3.8, 4) is 0 Å². The third-order valence-corrected chi connectivity index (χ3v) is 4.58. The first-order valence-corrected chi connectivity index (χ1v) is 7.03. The molecule has 2 aliphatic rings. The minimum absolute atomic E-state index is 0.0742. The number of hydrogen-bond donors (Lipinski definition) is 2. The zero-order chi connectivity index (χ0) is 12.6. The maximum Gasteiger partial charge on any atom is 0.234 e. The fourth-order valence-electron chi connectivity index (χ4n) is 2.36. The summed E-state index contributed by atoms with van der Waals surface area (Å²) in [4.78, 5) is 12.5. The third-order valence-electron chi connectivity index (χ3n) is 3.51. The summed E-state index contributed by atoms with van der Waals surface area (Å²) in [5.74, 6) is 0.581. The van der Waals surface area contributed by atoms with Crippen LogP contribution in [0.1, 0.15) is 5.56 Å². The van der Waals surface area contributed by atoms with E-state index in [-0.39, 0.29) is 11.3 Å². The van der Waals surface area contributed by atoms with Gasteiger partial charge in [-0.05, 0) is 24.1 Å². The normalized spacial score (nSPS) is 20.8. The molecule has 1 aromatic carbocycles. The van der Waals surface area contributed by atoms with E-state index >= 15 is 0 Å². The molecule has 1 amide bonds. The van der Waals surface area contributed by atoms with Crippen LogP contribution in [0.4, 0.5) is 5.69 Å². The topological polar surface area (TPSA) is 64.3 Å². The maximum atomic E-state index is 11.4. The zero-order valence-corrected chi connectivity index (χ0v) is 10.9. The van der Waals surface area contributed by atoms with Gasteiger partial charge in [-0.15, -0.1) is 11.8 Å². The Balaban J connectivity index is 1.81. The lowest BCUT2D eigenvalue weighted by molar-refractivity contribution is -0.113. The minimum Gasteiger partial charge on any atom is -0.380 e. The van der Waals surface area contributed by atoms with E-state index in [9.17, 15) is 4.79 Å². The lowest BCUT2D eigenvalue weighted by Gasteiger charge is -2.40. The van der Waals surface area contributed by atoms with E-state index in [1.165, 1.54) is 5.56 Å². The first kappa shape index (κ1) is 12.0. The second kappa shape index (κ2) is 4.57. The van der Waals surface area contributed by atoms with E-state index in [1.54, 1.807) is 11.8 Å². The molecule has 1 saturated heterocycles. The highest BCUT2D eigenvalue weighted by molar-refractivity contribution is 8.00. The monoisotopic (exact) mass is 264 g/mol. The van der Waals surface area contributed by atoms with Gasteiger partial charge in [-0.1, -0.05) is 6.07 Å². The quantitative estimate of drug-likeness (QED) is 0.862. The molecular formula is C13H16N2O2S. The van der Waals surface area contributed by atoms with Crippen LogP contribution in [0, 0.1) is 5.41 Å². The van der Waals surface area contributed by atoms with Crippen molar-refractivity contribution in [2.75, 3.05) is 30.8 Å². The maximum absolute atomic E-state index is 11.4. The van der Waals surface area contributed by atoms with Crippen LogP contribution in [0.3, 0.4) is 0 Å². The van der Waals surface area contributed by atoms with Crippen molar-refractivity contribution in [1.82, 2.24) is 0 Å². The Morgan fingerprint density at radius 1 is 1.44 bits per heavy atom. The number of benzene rings is 1. The van der Waals surface area contributed by atoms with Crippen molar-refractivity contribution in [3.05, 3.63) is 23.8 Å². The molecule has 1 fully saturated rings. The van der Waals surface area contributed by atoms with Crippen molar-refractivity contribution in [3.63, 3.8) is 0 Å². The van der Waals surface area contributed by atoms with Crippen LogP contribution in [0.5, 0.6) is 0 Å². The molecule has 3 N–H and O–H groups in total. The molecule has 0 saturated carbocycles. The molecule has 2 heterocycles. The van der Waals surface area contributed by atoms with Crippen molar-refractivity contribution in [2.45, 2.75) is 11.3 Å². The largest absolute Gasteiger partial charge is 0.380 e. The molecule has 0 spiro atoms. The molecule has 0 bridgehead atoms. The number of nitrogens with two attached hydrogens (primary N) is 1. The minimum atomic E-state index is 0.0742. The van der Waals surface area contributed by atoms with E-state index in [0.717, 1.165) is 30.2 Å². The highest BCUT2D eigenvalue weighted by Gasteiger charge is 2.37. The summed E-state index contributed by atoms with van der Waals surface area (Å²) in [6.45, 7) is 2.12. The van der Waals surface area contributed by atoms with Gasteiger partial charge in [0.25, 0.3) is 0 Å². The van der Waals surface area contributed by atoms with E-state index in [2.05, 4.69) is 23.5 Å². The van der Waals surface area contributed by atoms with Crippen LogP contribution in [0.25, 0.3) is 0 Å². The predicted molar refractivity (Wildman–Crippen MR) is 71.8 cm³/mol. The Morgan fingerprint density at radius 2 is 2.28 bits per heavy atom. The summed E-state index contributed by atoms with van der Waals surface area (Å²) in [7, 11) is 0. The van der Waals surface area contributed by atoms with E-state index in [0.29, 0.717) is 12.3 Å². The number of thioether (sulfide) groups is 1. The molecule has 96 valence electrons. The van der Waals surface area contributed by atoms with Crippen LogP contribution in [-0.4, -0.2) is 31.4 Å². The molecule has 1 aromatic rings. The van der Waals surface area contributed by atoms with E-state index < -0.39 is 0 Å². The molecule has 0 aliphatic carbocycles. The summed E-state index contributed by atoms with van der Waals surface area (Å²) in [6, 6.07) is 6.27. The Labute approximate surface area is 110 Å². The second-order valence-corrected chi connectivity index (χ2v) is 6.06. The lowest BCUT2D eigenvalue weighted by atomic mass is 9.80. The van der Waals surface area contributed by atoms with Gasteiger partial charge >= 0.3 is 0 Å². The molecule has 0 aromatic heterocycles. The van der Waals surface area contributed by atoms with Crippen molar-refractivity contribution in [1.29, 1.82) is 0 Å². The Hall–Kier alpha value is -1.04. The number of carbonyl (C=O) groups is 1. The number of ether oxygens (including phenoxy) is 1. The smallest absolute Gasteiger partial charge is 0.234 e. The SMILES string of the molecule is NCC1(Cc2ccc3c(c2)NC(=O)CS3)COC1. The molecule has 0 radical (unpaired) electrons. The second-order valence-electron chi connectivity index (χ2n) is 5.04. The number of amides is 1. The molecule has 4 nitrogen and oxygen atoms in total. The molecule has 0 atom stereocenters. The third kappa shape index (κ3) is 2.13. The van der Waals surface area contributed by atoms with Crippen LogP contribution in [0.2, 0.25) is 0 Å². The van der Waals surface area contributed by atoms with Gasteiger partial charge in [0.1, 0.15) is 0 Å². The molecule has 0 unspecified atom stereocenters. The predicted octanol–water partition coefficient (Wildman–Crippen LogP) is 1.25. The van der Waals surface area contributed by atoms with Crippen molar-refractivity contribution < 1.29 is 9.53 Å². The number of nitrogens with one attached hydrogen (secondary N) is 1. The van der Waals surface area contributed by atoms with Gasteiger partial charge in [0.15, 0.2) is 0 Å². The average molecular weight is 264 g/mol. The van der Waals surface area contributed by atoms with E-state index in [1.807, 2.05) is 0 Å². The summed E-state index contributed by atoms with van der Waals surface area (Å²) >= 11 is 1.59. The van der Waals surface area contributed by atoms with Gasteiger partial charge in [0.2, 0.25) is 5.91 Å². The first-order chi connectivity index (χ1) is 8.71. The highest BCUT2D eigenvalue weighted by Crippen LogP contribution is 2.35. The van der Waals surface area contributed by atoms with Crippen molar-refractivity contribution in [2.24, 2.45) is 11.1 Å². The van der Waals surface area contributed by atoms with Gasteiger partial charge in [-0.2, -0.15) is 0 Å². The number of hydrogen-bond acceptors (Lipinski definition) is 4. The van der Waals surface area contributed by atoms with Gasteiger partial charge < -0.3 is 15.8 Å². The van der Waals surface area contributed by atoms with Gasteiger partial charge in [0, 0.05) is 16.9 Å². The van der Waals surface area contributed by atoms with Crippen LogP contribution in [0.15, 0.2) is 23.1 Å². The Kier molecular flexibility index (Phi) is 3.05. The lowest BCUT2D eigenvalue weighted by Crippen LogP contribution is -2.49. The van der Waals surface area contributed by atoms with E-state index in [4.69, 9.17) is 10.5 Å². The fraction of sp³-hybridized carbons (Fsp3) is 0.462. The standard InChI is InChI=1S/C13H16N2O2S/c14-6-13(7-17-8-13)4-9-1-2-11-10(3-9)15-12(16)5-18-11/h1-3H,4-8,14H2,(H,15,16). The highest BCUT2D eigenvalue weighted by atomic mass is 32.2. The van der Waals surface area contributed by atoms with Gasteiger partial charge in [-0.3, -0.25) is 4.79 Å². The number of rotatable bonds is 3. The molecule has 2 aliphatic heterocycles. The first-order valence-electron chi connectivity index (χ1n) is 6.04. The fourth-order valence-corrected chi connectivity index (χ4v) is 3.14. The summed E-state index contributed by atoms with van der Waals surface area (Å²) in [5.41, 5.74) is 8.06. The molecular weight excluding hydrogens is 248 g/mol. The van der Waals surface area contributed by atoms with Crippen molar-refractivity contribution >= 4 is 23.4 Å². The number of carbonyl (C=O) groups excluding carboxylic acids is 1. The summed E-state index contributed by atoms with van der Waals surface area (Å²) in [5, 5.41) is 2.92. The molecule has 3 rings (SSSR count). The molecule has 5 heteroatoms. The number of fused-ring (bicyclic) bond motifs is 1. The van der Waals surface area contributed by atoms with Gasteiger partial charge in [0.05, 0.1) is 24.7 Å². The zero-order valence-electron chi connectivity index (χ0n) is 10.1. The number of anilines is 1. The van der Waals surface area contributed by atoms with Crippen LogP contribution >= 0.6 is 11.8 Å². The Morgan fingerprint density at radius 3 is 2.94 bits per heavy atom. The van der Waals surface area contributed by atoms with Crippen LogP contribution in [-0.2, 0) is 16.0 Å². The molecule has 18 heavy (non-hydrogen) atoms. The van der Waals surface area contributed by atoms with Gasteiger partial charge in [-0.25, -0.2) is 0 Å². The summed E-state index contributed by atoms with van der Waals surface area (Å²) < 4.78 is 5.28. The van der Waals surface area contributed by atoms with Crippen LogP contribution < -0.4 is 11.1 Å². The summed E-state index contributed by atoms with van der Waals surface area (Å²) in [6.07, 6.45) is 0.914. The average Bonchev–Trinajstić information content (AvgIpc) is 2.33.